The van der Waals surface area contributed by atoms with E-state index in [-0.39, 0.29) is 11.8 Å². The van der Waals surface area contributed by atoms with Gasteiger partial charge in [-0.1, -0.05) is 26.8 Å². The maximum absolute atomic E-state index is 12.3. The summed E-state index contributed by atoms with van der Waals surface area (Å²) in [5.41, 5.74) is 4.63. The highest BCUT2D eigenvalue weighted by Gasteiger charge is 2.16. The molecule has 0 radical (unpaired) electrons. The summed E-state index contributed by atoms with van der Waals surface area (Å²) >= 11 is 0. The molecule has 204 valence electrons. The molecule has 8 heteroatoms. The van der Waals surface area contributed by atoms with E-state index in [2.05, 4.69) is 31.6 Å². The van der Waals surface area contributed by atoms with Gasteiger partial charge >= 0.3 is 0 Å². The Morgan fingerprint density at radius 3 is 2.29 bits per heavy atom. The standard InChI is InChI=1S/C24H30N6O2.C4H6.C2H6/c1-14(2)26-16(4)18-9-8-10-20(24(18)32-7)27-21-12-22(25-13-19(21)17(5)31)28-23-11-15(3)30(6)29-23;1-3-4-2;1-2/h8-14H,1-7H3,(H2,25,27,28,29);1H,4H2,2H3;1-2H3. The molecule has 3 rings (SSSR count). The Morgan fingerprint density at radius 2 is 1.79 bits per heavy atom. The molecule has 0 amide bonds. The van der Waals surface area contributed by atoms with Crippen LogP contribution in [0.15, 0.2) is 41.5 Å². The molecule has 0 unspecified atom stereocenters. The van der Waals surface area contributed by atoms with Crippen LogP contribution in [-0.4, -0.2) is 39.4 Å². The van der Waals surface area contributed by atoms with Gasteiger partial charge in [0.15, 0.2) is 17.4 Å². The van der Waals surface area contributed by atoms with Crippen LogP contribution in [0.2, 0.25) is 0 Å². The summed E-state index contributed by atoms with van der Waals surface area (Å²) in [5.74, 6) is 4.26. The van der Waals surface area contributed by atoms with E-state index in [4.69, 9.17) is 11.2 Å². The van der Waals surface area contributed by atoms with Crippen LogP contribution in [0.1, 0.15) is 76.5 Å². The Bertz CT molecular complexity index is 1250. The second-order valence-electron chi connectivity index (χ2n) is 8.47. The van der Waals surface area contributed by atoms with Gasteiger partial charge in [0, 0.05) is 54.8 Å². The highest BCUT2D eigenvalue weighted by Crippen LogP contribution is 2.34. The third-order valence-corrected chi connectivity index (χ3v) is 5.19. The third kappa shape index (κ3) is 9.07. The number of para-hydroxylation sites is 1. The van der Waals surface area contributed by atoms with Crippen LogP contribution in [0.4, 0.5) is 23.0 Å². The summed E-state index contributed by atoms with van der Waals surface area (Å²) < 4.78 is 7.50. The smallest absolute Gasteiger partial charge is 0.163 e. The lowest BCUT2D eigenvalue weighted by atomic mass is 10.1. The third-order valence-electron chi connectivity index (χ3n) is 5.19. The number of aromatic nitrogens is 3. The molecule has 0 aliphatic heterocycles. The number of aryl methyl sites for hydroxylation is 2. The zero-order chi connectivity index (χ0) is 28.8. The van der Waals surface area contributed by atoms with Crippen LogP contribution in [-0.2, 0) is 7.05 Å². The quantitative estimate of drug-likeness (QED) is 0.188. The number of hydrogen-bond donors (Lipinski definition) is 2. The lowest BCUT2D eigenvalue weighted by Crippen LogP contribution is -2.07. The molecule has 2 N–H and O–H groups in total. The SMILES string of the molecule is C#CCC.CC.COc1c(Nc2cc(Nc3cc(C)n(C)n3)ncc2C(C)=O)cccc1C(C)=NC(C)C. The largest absolute Gasteiger partial charge is 0.494 e. The predicted octanol–water partition coefficient (Wildman–Crippen LogP) is 7.10. The number of methoxy groups -OCH3 is 1. The normalized spacial score (nSPS) is 10.4. The molecule has 3 aromatic rings. The van der Waals surface area contributed by atoms with Crippen molar-refractivity contribution in [2.24, 2.45) is 12.0 Å². The number of rotatable bonds is 8. The molecule has 0 saturated heterocycles. The highest BCUT2D eigenvalue weighted by molar-refractivity contribution is 6.04. The molecule has 2 heterocycles. The van der Waals surface area contributed by atoms with Gasteiger partial charge in [-0.2, -0.15) is 5.10 Å². The van der Waals surface area contributed by atoms with E-state index in [1.807, 2.05) is 79.8 Å². The van der Waals surface area contributed by atoms with E-state index in [0.717, 1.165) is 29.1 Å². The predicted molar refractivity (Wildman–Crippen MR) is 160 cm³/mol. The van der Waals surface area contributed by atoms with E-state index in [0.29, 0.717) is 28.6 Å². The molecule has 0 aliphatic carbocycles. The molecule has 8 nitrogen and oxygen atoms in total. The molecule has 0 bridgehead atoms. The number of aliphatic imine (C=N–C) groups is 1. The average molecular weight is 519 g/mol. The molecular formula is C30H42N6O2. The van der Waals surface area contributed by atoms with Crippen molar-refractivity contribution in [2.75, 3.05) is 17.7 Å². The molecule has 1 aromatic carbocycles. The minimum absolute atomic E-state index is 0.0899. The summed E-state index contributed by atoms with van der Waals surface area (Å²) in [5, 5.41) is 11.0. The fraction of sp³-hybridized carbons (Fsp3) is 0.400. The van der Waals surface area contributed by atoms with Gasteiger partial charge in [0.1, 0.15) is 5.82 Å². The fourth-order valence-electron chi connectivity index (χ4n) is 3.40. The maximum atomic E-state index is 12.3. The van der Waals surface area contributed by atoms with E-state index in [1.54, 1.807) is 24.1 Å². The van der Waals surface area contributed by atoms with Gasteiger partial charge in [-0.05, 0) is 46.8 Å². The van der Waals surface area contributed by atoms with E-state index in [9.17, 15) is 4.79 Å². The first-order valence-corrected chi connectivity index (χ1v) is 12.8. The van der Waals surface area contributed by atoms with Crippen molar-refractivity contribution in [3.05, 3.63) is 53.3 Å². The van der Waals surface area contributed by atoms with Gasteiger partial charge in [-0.3, -0.25) is 14.5 Å². The maximum Gasteiger partial charge on any atom is 0.163 e. The van der Waals surface area contributed by atoms with Gasteiger partial charge in [-0.15, -0.1) is 12.3 Å². The van der Waals surface area contributed by atoms with Crippen molar-refractivity contribution in [3.63, 3.8) is 0 Å². The topological polar surface area (TPSA) is 93.4 Å². The molecule has 0 aliphatic rings. The number of pyridine rings is 1. The van der Waals surface area contributed by atoms with Crippen LogP contribution in [0.25, 0.3) is 0 Å². The highest BCUT2D eigenvalue weighted by atomic mass is 16.5. The average Bonchev–Trinajstić information content (AvgIpc) is 3.20. The second kappa shape index (κ2) is 15.9. The second-order valence-corrected chi connectivity index (χ2v) is 8.47. The van der Waals surface area contributed by atoms with E-state index < -0.39 is 0 Å². The fourth-order valence-corrected chi connectivity index (χ4v) is 3.40. The molecule has 2 aromatic heterocycles. The number of carbonyl (C=O) groups is 1. The zero-order valence-electron chi connectivity index (χ0n) is 24.4. The summed E-state index contributed by atoms with van der Waals surface area (Å²) in [6.07, 6.45) is 7.19. The minimum Gasteiger partial charge on any atom is -0.494 e. The number of terminal acetylenes is 1. The lowest BCUT2D eigenvalue weighted by Gasteiger charge is -2.17. The Labute approximate surface area is 227 Å². The zero-order valence-corrected chi connectivity index (χ0v) is 24.4. The molecule has 0 fully saturated rings. The number of hydrogen-bond acceptors (Lipinski definition) is 7. The number of anilines is 4. The number of Topliss-reactive ketones (excluding diaryl/α,β-unsaturated/α-hetero) is 1. The Balaban J connectivity index is 0.00000110. The van der Waals surface area contributed by atoms with Gasteiger partial charge < -0.3 is 15.4 Å². The number of benzene rings is 1. The van der Waals surface area contributed by atoms with Gasteiger partial charge in [0.25, 0.3) is 0 Å². The van der Waals surface area contributed by atoms with Gasteiger partial charge in [-0.25, -0.2) is 4.98 Å². The van der Waals surface area contributed by atoms with Crippen LogP contribution in [0.3, 0.4) is 0 Å². The number of ketones is 1. The summed E-state index contributed by atoms with van der Waals surface area (Å²) in [6, 6.07) is 9.71. The van der Waals surface area contributed by atoms with Crippen molar-refractivity contribution in [2.45, 2.75) is 67.9 Å². The van der Waals surface area contributed by atoms with Crippen LogP contribution < -0.4 is 15.4 Å². The first kappa shape index (κ1) is 31.9. The first-order chi connectivity index (χ1) is 18.1. The summed E-state index contributed by atoms with van der Waals surface area (Å²) in [7, 11) is 3.51. The van der Waals surface area contributed by atoms with E-state index >= 15 is 0 Å². The monoisotopic (exact) mass is 518 g/mol. The number of carbonyl (C=O) groups excluding carboxylic acids is 1. The minimum atomic E-state index is -0.0899. The molecule has 38 heavy (non-hydrogen) atoms. The summed E-state index contributed by atoms with van der Waals surface area (Å²) in [6.45, 7) is 15.5. The first-order valence-electron chi connectivity index (χ1n) is 12.8. The Morgan fingerprint density at radius 1 is 1.13 bits per heavy atom. The van der Waals surface area contributed by atoms with Crippen LogP contribution >= 0.6 is 0 Å². The van der Waals surface area contributed by atoms with Crippen LogP contribution in [0, 0.1) is 19.3 Å². The van der Waals surface area contributed by atoms with Crippen molar-refractivity contribution < 1.29 is 9.53 Å². The number of ether oxygens (including phenoxy) is 1. The van der Waals surface area contributed by atoms with Gasteiger partial charge in [0.05, 0.1) is 24.0 Å². The molecule has 0 atom stereocenters. The Kier molecular flexibility index (Phi) is 13.3. The molecule has 0 spiro atoms. The molecular weight excluding hydrogens is 476 g/mol. The summed E-state index contributed by atoms with van der Waals surface area (Å²) in [4.78, 5) is 21.3. The van der Waals surface area contributed by atoms with Crippen LogP contribution in [0.5, 0.6) is 5.75 Å². The molecule has 0 saturated carbocycles. The van der Waals surface area contributed by atoms with Crippen molar-refractivity contribution in [1.82, 2.24) is 14.8 Å². The number of nitrogens with one attached hydrogen (secondary N) is 2. The van der Waals surface area contributed by atoms with Crippen molar-refractivity contribution in [3.8, 4) is 18.1 Å². The van der Waals surface area contributed by atoms with E-state index in [1.165, 1.54) is 6.92 Å². The number of nitrogens with zero attached hydrogens (tertiary/aromatic N) is 4. The lowest BCUT2D eigenvalue weighted by molar-refractivity contribution is 0.101. The van der Waals surface area contributed by atoms with Gasteiger partial charge in [0.2, 0.25) is 0 Å². The van der Waals surface area contributed by atoms with Crippen molar-refractivity contribution in [1.29, 1.82) is 0 Å². The van der Waals surface area contributed by atoms with Crippen molar-refractivity contribution >= 4 is 34.5 Å². The Hall–Kier alpha value is -4.12.